The smallest absolute Gasteiger partial charge is 0.409 e. The molecule has 1 aliphatic rings. The Bertz CT molecular complexity index is 640. The van der Waals surface area contributed by atoms with E-state index < -0.39 is 10.0 Å². The summed E-state index contributed by atoms with van der Waals surface area (Å²) in [5.41, 5.74) is 0.823. The molecule has 1 aromatic heterocycles. The number of likely N-dealkylation sites (tertiary alicyclic amines) is 1. The molecule has 0 spiro atoms. The van der Waals surface area contributed by atoms with E-state index >= 15 is 0 Å². The summed E-state index contributed by atoms with van der Waals surface area (Å²) in [7, 11) is -3.31. The SMILES string of the molecule is CCOC(=O)N1CCC(Nc2ccc(NS(=O)(=O)CC)nc2)CC1. The highest BCUT2D eigenvalue weighted by Gasteiger charge is 2.23. The molecule has 1 fully saturated rings. The molecule has 2 rings (SSSR count). The molecule has 2 N–H and O–H groups in total. The summed E-state index contributed by atoms with van der Waals surface area (Å²) in [6.45, 7) is 5.05. The lowest BCUT2D eigenvalue weighted by molar-refractivity contribution is 0.0983. The van der Waals surface area contributed by atoms with Crippen molar-refractivity contribution in [1.29, 1.82) is 0 Å². The van der Waals surface area contributed by atoms with E-state index in [1.165, 1.54) is 0 Å². The van der Waals surface area contributed by atoms with Gasteiger partial charge in [-0.1, -0.05) is 0 Å². The lowest BCUT2D eigenvalue weighted by Crippen LogP contribution is -2.42. The maximum Gasteiger partial charge on any atom is 0.409 e. The second-order valence-electron chi connectivity index (χ2n) is 5.54. The number of piperidine rings is 1. The second kappa shape index (κ2) is 8.18. The van der Waals surface area contributed by atoms with Gasteiger partial charge in [-0.2, -0.15) is 0 Å². The van der Waals surface area contributed by atoms with Gasteiger partial charge in [-0.05, 0) is 38.8 Å². The van der Waals surface area contributed by atoms with E-state index in [4.69, 9.17) is 4.74 Å². The molecule has 134 valence electrons. The maximum atomic E-state index is 11.7. The predicted molar refractivity (Wildman–Crippen MR) is 92.6 cm³/mol. The van der Waals surface area contributed by atoms with Crippen molar-refractivity contribution in [2.45, 2.75) is 32.7 Å². The zero-order valence-electron chi connectivity index (χ0n) is 14.0. The Balaban J connectivity index is 1.84. The van der Waals surface area contributed by atoms with Crippen molar-refractivity contribution < 1.29 is 17.9 Å². The third kappa shape index (κ3) is 5.26. The largest absolute Gasteiger partial charge is 0.450 e. The molecule has 2 heterocycles. The van der Waals surface area contributed by atoms with Crippen LogP contribution in [0.15, 0.2) is 18.3 Å². The first-order valence-corrected chi connectivity index (χ1v) is 9.73. The molecule has 1 saturated heterocycles. The van der Waals surface area contributed by atoms with Crippen molar-refractivity contribution in [2.24, 2.45) is 0 Å². The first-order valence-electron chi connectivity index (χ1n) is 8.08. The molecule has 0 atom stereocenters. The number of rotatable bonds is 6. The number of nitrogens with zero attached hydrogens (tertiary/aromatic N) is 2. The van der Waals surface area contributed by atoms with Crippen LogP contribution in [0.3, 0.4) is 0 Å². The van der Waals surface area contributed by atoms with Gasteiger partial charge >= 0.3 is 6.09 Å². The number of nitrogens with one attached hydrogen (secondary N) is 2. The Morgan fingerprint density at radius 2 is 2.04 bits per heavy atom. The van der Waals surface area contributed by atoms with Crippen LogP contribution in [0.2, 0.25) is 0 Å². The third-order valence-corrected chi connectivity index (χ3v) is 5.08. The van der Waals surface area contributed by atoms with Gasteiger partial charge in [0.25, 0.3) is 0 Å². The Morgan fingerprint density at radius 1 is 1.33 bits per heavy atom. The monoisotopic (exact) mass is 356 g/mol. The van der Waals surface area contributed by atoms with Gasteiger partial charge in [-0.15, -0.1) is 0 Å². The lowest BCUT2D eigenvalue weighted by Gasteiger charge is -2.32. The molecule has 0 unspecified atom stereocenters. The summed E-state index contributed by atoms with van der Waals surface area (Å²) in [6.07, 6.45) is 2.99. The minimum Gasteiger partial charge on any atom is -0.450 e. The molecule has 8 nitrogen and oxygen atoms in total. The number of anilines is 2. The summed E-state index contributed by atoms with van der Waals surface area (Å²) >= 11 is 0. The zero-order valence-corrected chi connectivity index (χ0v) is 14.8. The summed E-state index contributed by atoms with van der Waals surface area (Å²) < 4.78 is 30.4. The number of hydrogen-bond donors (Lipinski definition) is 2. The molecule has 1 aromatic rings. The number of sulfonamides is 1. The van der Waals surface area contributed by atoms with E-state index in [2.05, 4.69) is 15.0 Å². The standard InChI is InChI=1S/C15H24N4O4S/c1-3-23-15(20)19-9-7-12(8-10-19)17-13-5-6-14(16-11-13)18-24(21,22)4-2/h5-6,11-12,17H,3-4,7-10H2,1-2H3,(H,16,18). The van der Waals surface area contributed by atoms with E-state index in [1.54, 1.807) is 37.1 Å². The highest BCUT2D eigenvalue weighted by atomic mass is 32.2. The average molecular weight is 356 g/mol. The van der Waals surface area contributed by atoms with Crippen molar-refractivity contribution in [1.82, 2.24) is 9.88 Å². The minimum absolute atomic E-state index is 0.00766. The van der Waals surface area contributed by atoms with Crippen LogP contribution < -0.4 is 10.0 Å². The fraction of sp³-hybridized carbons (Fsp3) is 0.600. The molecule has 0 saturated carbocycles. The van der Waals surface area contributed by atoms with E-state index in [-0.39, 0.29) is 17.9 Å². The number of carbonyl (C=O) groups excluding carboxylic acids is 1. The van der Waals surface area contributed by atoms with Crippen LogP contribution in [0.1, 0.15) is 26.7 Å². The normalized spacial score (nSPS) is 15.8. The molecule has 0 aliphatic carbocycles. The van der Waals surface area contributed by atoms with Crippen LogP contribution >= 0.6 is 0 Å². The van der Waals surface area contributed by atoms with Crippen LogP contribution in [0.25, 0.3) is 0 Å². The Kier molecular flexibility index (Phi) is 6.24. The number of aromatic nitrogens is 1. The molecule has 9 heteroatoms. The number of hydrogen-bond acceptors (Lipinski definition) is 6. The van der Waals surface area contributed by atoms with Gasteiger partial charge in [-0.3, -0.25) is 4.72 Å². The van der Waals surface area contributed by atoms with Crippen LogP contribution in [-0.2, 0) is 14.8 Å². The zero-order chi connectivity index (χ0) is 17.6. The van der Waals surface area contributed by atoms with Gasteiger partial charge in [0.15, 0.2) is 0 Å². The van der Waals surface area contributed by atoms with Gasteiger partial charge in [0.1, 0.15) is 5.82 Å². The Hall–Kier alpha value is -2.03. The molecule has 0 radical (unpaired) electrons. The Labute approximate surface area is 142 Å². The number of carbonyl (C=O) groups is 1. The van der Waals surface area contributed by atoms with Crippen LogP contribution in [-0.4, -0.2) is 55.9 Å². The number of pyridine rings is 1. The molecule has 1 amide bonds. The number of amides is 1. The molecule has 24 heavy (non-hydrogen) atoms. The van der Waals surface area contributed by atoms with Gasteiger partial charge in [-0.25, -0.2) is 18.2 Å². The van der Waals surface area contributed by atoms with Crippen molar-refractivity contribution >= 4 is 27.6 Å². The van der Waals surface area contributed by atoms with Crippen LogP contribution in [0.5, 0.6) is 0 Å². The van der Waals surface area contributed by atoms with Gasteiger partial charge in [0.2, 0.25) is 10.0 Å². The topological polar surface area (TPSA) is 101 Å². The Morgan fingerprint density at radius 3 is 2.58 bits per heavy atom. The molecule has 0 bridgehead atoms. The predicted octanol–water partition coefficient (Wildman–Crippen LogP) is 1.88. The molecule has 0 aromatic carbocycles. The fourth-order valence-corrected chi connectivity index (χ4v) is 3.01. The third-order valence-electron chi connectivity index (χ3n) is 3.80. The van der Waals surface area contributed by atoms with Crippen molar-refractivity contribution in [2.75, 3.05) is 35.5 Å². The van der Waals surface area contributed by atoms with E-state index in [0.717, 1.165) is 18.5 Å². The first kappa shape index (κ1) is 18.3. The molecular formula is C15H24N4O4S. The van der Waals surface area contributed by atoms with Crippen LogP contribution in [0, 0.1) is 0 Å². The lowest BCUT2D eigenvalue weighted by atomic mass is 10.1. The first-order chi connectivity index (χ1) is 11.4. The van der Waals surface area contributed by atoms with Crippen molar-refractivity contribution in [3.63, 3.8) is 0 Å². The average Bonchev–Trinajstić information content (AvgIpc) is 2.57. The summed E-state index contributed by atoms with van der Waals surface area (Å²) in [5.74, 6) is 0.313. The maximum absolute atomic E-state index is 11.7. The fourth-order valence-electron chi connectivity index (χ4n) is 2.43. The van der Waals surface area contributed by atoms with Gasteiger partial charge in [0.05, 0.1) is 24.2 Å². The quantitative estimate of drug-likeness (QED) is 0.807. The minimum atomic E-state index is -3.31. The number of ether oxygens (including phenoxy) is 1. The van der Waals surface area contributed by atoms with Gasteiger partial charge < -0.3 is 15.0 Å². The summed E-state index contributed by atoms with van der Waals surface area (Å²) in [5, 5.41) is 3.36. The van der Waals surface area contributed by atoms with Crippen LogP contribution in [0.4, 0.5) is 16.3 Å². The highest BCUT2D eigenvalue weighted by molar-refractivity contribution is 7.92. The van der Waals surface area contributed by atoms with Gasteiger partial charge in [0, 0.05) is 19.1 Å². The summed E-state index contributed by atoms with van der Waals surface area (Å²) in [4.78, 5) is 17.5. The van der Waals surface area contributed by atoms with E-state index in [0.29, 0.717) is 25.5 Å². The molecular weight excluding hydrogens is 332 g/mol. The highest BCUT2D eigenvalue weighted by Crippen LogP contribution is 2.18. The molecule has 1 aliphatic heterocycles. The van der Waals surface area contributed by atoms with E-state index in [1.807, 2.05) is 0 Å². The summed E-state index contributed by atoms with van der Waals surface area (Å²) in [6, 6.07) is 3.66. The van der Waals surface area contributed by atoms with E-state index in [9.17, 15) is 13.2 Å². The second-order valence-corrected chi connectivity index (χ2v) is 7.55. The van der Waals surface area contributed by atoms with Crippen molar-refractivity contribution in [3.05, 3.63) is 18.3 Å². The van der Waals surface area contributed by atoms with Crippen molar-refractivity contribution in [3.8, 4) is 0 Å².